The minimum absolute atomic E-state index is 0.0988. The van der Waals surface area contributed by atoms with Crippen LogP contribution < -0.4 is 0 Å². The molecule has 13 heteroatoms. The molecule has 11 atom stereocenters. The van der Waals surface area contributed by atoms with Crippen molar-refractivity contribution in [3.05, 3.63) is 12.2 Å². The van der Waals surface area contributed by atoms with Gasteiger partial charge >= 0.3 is 11.9 Å². The molecule has 4 heterocycles. The molecular formula is C34H56O13. The highest BCUT2D eigenvalue weighted by Gasteiger charge is 2.52. The largest absolute Gasteiger partial charge is 0.463 e. The number of ether oxygens (including phenoxy) is 6. The lowest BCUT2D eigenvalue weighted by Crippen LogP contribution is -2.65. The minimum Gasteiger partial charge on any atom is -0.463 e. The number of allylic oxidation sites excluding steroid dienone is 2. The Morgan fingerprint density at radius 2 is 1.32 bits per heavy atom. The third-order valence-electron chi connectivity index (χ3n) is 8.80. The van der Waals surface area contributed by atoms with Crippen LogP contribution in [0.25, 0.3) is 0 Å². The van der Waals surface area contributed by atoms with Crippen molar-refractivity contribution in [1.29, 1.82) is 0 Å². The molecule has 0 aromatic heterocycles. The van der Waals surface area contributed by atoms with E-state index in [0.29, 0.717) is 12.8 Å². The topological polar surface area (TPSA) is 188 Å². The molecule has 0 spiro atoms. The Bertz CT molecular complexity index is 989. The zero-order chi connectivity index (χ0) is 34.3. The first kappa shape index (κ1) is 39.5. The highest BCUT2D eigenvalue weighted by molar-refractivity contribution is 5.76. The predicted octanol–water partition coefficient (Wildman–Crippen LogP) is 2.77. The number of carbonyl (C=O) groups excluding carboxylic acids is 3. The van der Waals surface area contributed by atoms with Crippen LogP contribution in [0, 0.1) is 0 Å². The van der Waals surface area contributed by atoms with E-state index in [1.165, 1.54) is 13.8 Å². The lowest BCUT2D eigenvalue weighted by atomic mass is 9.94. The lowest BCUT2D eigenvalue weighted by molar-refractivity contribution is -0.369. The van der Waals surface area contributed by atoms with E-state index in [1.54, 1.807) is 0 Å². The SMILES string of the molecule is CC(=O)C[C@H]1O[C@H]2OC(C)CCCCCC/C=C\CCCCCCCC(=O)O[C@H]3[C@H](O)[C@@H](O)[C@H](O[C@@H]2[C@@H](O)[C@@H]1O)O[C@@H]3COC(C)=O. The van der Waals surface area contributed by atoms with Crippen molar-refractivity contribution in [2.75, 3.05) is 6.61 Å². The van der Waals surface area contributed by atoms with Crippen LogP contribution in [0.1, 0.15) is 111 Å². The van der Waals surface area contributed by atoms with Gasteiger partial charge < -0.3 is 48.8 Å². The predicted molar refractivity (Wildman–Crippen MR) is 168 cm³/mol. The second kappa shape index (κ2) is 20.5. The third kappa shape index (κ3) is 13.1. The van der Waals surface area contributed by atoms with Crippen LogP contribution in [0.15, 0.2) is 12.2 Å². The van der Waals surface area contributed by atoms with Crippen LogP contribution >= 0.6 is 0 Å². The number of rotatable bonds is 4. The van der Waals surface area contributed by atoms with Crippen LogP contribution in [-0.2, 0) is 42.8 Å². The molecule has 270 valence electrons. The van der Waals surface area contributed by atoms with Gasteiger partial charge in [0.25, 0.3) is 0 Å². The van der Waals surface area contributed by atoms with E-state index in [-0.39, 0.29) is 24.7 Å². The van der Waals surface area contributed by atoms with Crippen molar-refractivity contribution < 1.29 is 63.2 Å². The number of esters is 2. The summed E-state index contributed by atoms with van der Waals surface area (Å²) in [5.74, 6) is -1.50. The van der Waals surface area contributed by atoms with E-state index < -0.39 is 80.0 Å². The summed E-state index contributed by atoms with van der Waals surface area (Å²) in [7, 11) is 0. The highest BCUT2D eigenvalue weighted by atomic mass is 16.8. The van der Waals surface area contributed by atoms with Gasteiger partial charge in [0.1, 0.15) is 49.0 Å². The van der Waals surface area contributed by atoms with E-state index in [2.05, 4.69) is 12.2 Å². The van der Waals surface area contributed by atoms with Gasteiger partial charge in [-0.15, -0.1) is 0 Å². The first-order chi connectivity index (χ1) is 22.5. The van der Waals surface area contributed by atoms with Crippen molar-refractivity contribution >= 4 is 17.7 Å². The number of aliphatic hydroxyl groups excluding tert-OH is 4. The molecule has 0 aromatic rings. The number of fused-ring (bicyclic) bond motifs is 19. The summed E-state index contributed by atoms with van der Waals surface area (Å²) in [6.45, 7) is 3.95. The Morgan fingerprint density at radius 3 is 1.98 bits per heavy atom. The first-order valence-electron chi connectivity index (χ1n) is 17.3. The number of Topliss-reactive ketones (excluding diaryl/α,β-unsaturated/α-hetero) is 1. The summed E-state index contributed by atoms with van der Waals surface area (Å²) >= 11 is 0. The van der Waals surface area contributed by atoms with Crippen molar-refractivity contribution in [3.63, 3.8) is 0 Å². The molecule has 1 unspecified atom stereocenters. The fourth-order valence-corrected chi connectivity index (χ4v) is 6.12. The molecule has 47 heavy (non-hydrogen) atoms. The summed E-state index contributed by atoms with van der Waals surface area (Å²) in [6, 6.07) is 0. The molecule has 2 saturated heterocycles. The number of ketones is 1. The highest BCUT2D eigenvalue weighted by Crippen LogP contribution is 2.32. The Kier molecular flexibility index (Phi) is 17.2. The third-order valence-corrected chi connectivity index (χ3v) is 8.80. The smallest absolute Gasteiger partial charge is 0.306 e. The summed E-state index contributed by atoms with van der Waals surface area (Å²) in [6.07, 6.45) is 0.749. The normalized spacial score (nSPS) is 38.4. The zero-order valence-corrected chi connectivity index (χ0v) is 28.1. The Labute approximate surface area is 277 Å². The van der Waals surface area contributed by atoms with Crippen molar-refractivity contribution in [2.24, 2.45) is 0 Å². The van der Waals surface area contributed by atoms with Gasteiger partial charge in [-0.25, -0.2) is 0 Å². The summed E-state index contributed by atoms with van der Waals surface area (Å²) in [4.78, 5) is 36.2. The minimum atomic E-state index is -1.77. The van der Waals surface area contributed by atoms with Crippen molar-refractivity contribution in [2.45, 2.75) is 178 Å². The average Bonchev–Trinajstić information content (AvgIpc) is 3.01. The fourth-order valence-electron chi connectivity index (χ4n) is 6.12. The summed E-state index contributed by atoms with van der Waals surface area (Å²) in [5, 5.41) is 44.1. The molecule has 0 radical (unpaired) electrons. The second-order valence-corrected chi connectivity index (χ2v) is 13.0. The molecule has 2 fully saturated rings. The van der Waals surface area contributed by atoms with Gasteiger partial charge in [-0.2, -0.15) is 0 Å². The maximum atomic E-state index is 12.7. The molecule has 4 aliphatic heterocycles. The lowest BCUT2D eigenvalue weighted by Gasteiger charge is -2.47. The second-order valence-electron chi connectivity index (χ2n) is 13.0. The fraction of sp³-hybridized carbons (Fsp3) is 0.853. The zero-order valence-electron chi connectivity index (χ0n) is 28.1. The molecule has 0 aliphatic carbocycles. The van der Waals surface area contributed by atoms with Crippen LogP contribution in [-0.4, -0.2) is 112 Å². The van der Waals surface area contributed by atoms with Crippen molar-refractivity contribution in [1.82, 2.24) is 0 Å². The van der Waals surface area contributed by atoms with E-state index >= 15 is 0 Å². The molecule has 4 aliphatic rings. The molecular weight excluding hydrogens is 616 g/mol. The van der Waals surface area contributed by atoms with Crippen LogP contribution in [0.5, 0.6) is 0 Å². The molecule has 0 saturated carbocycles. The summed E-state index contributed by atoms with van der Waals surface area (Å²) in [5.41, 5.74) is 0. The summed E-state index contributed by atoms with van der Waals surface area (Å²) < 4.78 is 34.6. The molecule has 4 rings (SSSR count). The number of aliphatic hydroxyl groups is 4. The quantitative estimate of drug-likeness (QED) is 0.252. The van der Waals surface area contributed by atoms with E-state index in [0.717, 1.165) is 64.2 Å². The number of hydrogen-bond acceptors (Lipinski definition) is 13. The molecule has 2 bridgehead atoms. The maximum Gasteiger partial charge on any atom is 0.306 e. The van der Waals surface area contributed by atoms with Crippen LogP contribution in [0.2, 0.25) is 0 Å². The van der Waals surface area contributed by atoms with Gasteiger partial charge in [0, 0.05) is 19.8 Å². The Balaban J connectivity index is 1.81. The van der Waals surface area contributed by atoms with Crippen molar-refractivity contribution in [3.8, 4) is 0 Å². The van der Waals surface area contributed by atoms with Gasteiger partial charge in [0.2, 0.25) is 0 Å². The number of hydrogen-bond donors (Lipinski definition) is 4. The van der Waals surface area contributed by atoms with Crippen LogP contribution in [0.3, 0.4) is 0 Å². The monoisotopic (exact) mass is 672 g/mol. The molecule has 0 aromatic carbocycles. The first-order valence-corrected chi connectivity index (χ1v) is 17.3. The van der Waals surface area contributed by atoms with E-state index in [4.69, 9.17) is 28.4 Å². The Hall–Kier alpha value is -1.97. The molecule has 0 amide bonds. The van der Waals surface area contributed by atoms with Gasteiger partial charge in [0.05, 0.1) is 12.2 Å². The van der Waals surface area contributed by atoms with Gasteiger partial charge in [0.15, 0.2) is 18.7 Å². The Morgan fingerprint density at radius 1 is 0.723 bits per heavy atom. The van der Waals surface area contributed by atoms with Gasteiger partial charge in [-0.1, -0.05) is 50.7 Å². The average molecular weight is 673 g/mol. The van der Waals surface area contributed by atoms with E-state index in [9.17, 15) is 34.8 Å². The standard InChI is InChI=1S/C34H56O13/c1-21(35)19-24-27(38)28(39)32-34(44-24)43-22(2)17-15-13-11-9-7-5-4-6-8-10-12-14-16-18-26(37)46-31-25(20-42-23(3)36)45-33(47-32)30(41)29(31)40/h4-5,22,24-25,27-34,38-41H,6-20H2,1-3H3/b5-4-/t22?,24-,25-,27-,28+,29-,30-,31-,32-,33+,34-/m1/s1. The number of carbonyl (C=O) groups is 3. The molecule has 13 nitrogen and oxygen atoms in total. The van der Waals surface area contributed by atoms with E-state index in [1.807, 2.05) is 6.92 Å². The van der Waals surface area contributed by atoms with Gasteiger partial charge in [-0.05, 0) is 52.4 Å². The molecule has 4 N–H and O–H groups in total. The van der Waals surface area contributed by atoms with Crippen LogP contribution in [0.4, 0.5) is 0 Å². The van der Waals surface area contributed by atoms with Gasteiger partial charge in [-0.3, -0.25) is 14.4 Å². The maximum absolute atomic E-state index is 12.7.